The zero-order chi connectivity index (χ0) is 20.0. The Morgan fingerprint density at radius 1 is 0.967 bits per heavy atom. The number of ether oxygens (including phenoxy) is 1. The fourth-order valence-corrected chi connectivity index (χ4v) is 7.07. The molecule has 2 aromatic carbocycles. The summed E-state index contributed by atoms with van der Waals surface area (Å²) >= 11 is 0. The lowest BCUT2D eigenvalue weighted by atomic mass is 9.78. The first-order chi connectivity index (χ1) is 14.8. The molecule has 7 rings (SSSR count). The van der Waals surface area contributed by atoms with E-state index in [2.05, 4.69) is 59.1 Å². The summed E-state index contributed by atoms with van der Waals surface area (Å²) in [6, 6.07) is 19.5. The van der Waals surface area contributed by atoms with Crippen molar-refractivity contribution in [2.75, 3.05) is 7.11 Å². The molecule has 0 saturated heterocycles. The number of benzene rings is 2. The van der Waals surface area contributed by atoms with E-state index in [-0.39, 0.29) is 5.97 Å². The zero-order valence-electron chi connectivity index (χ0n) is 17.0. The molecule has 3 aliphatic carbocycles. The van der Waals surface area contributed by atoms with Gasteiger partial charge in [0, 0.05) is 16.8 Å². The molecular formula is C27H23NO2. The highest BCUT2D eigenvalue weighted by molar-refractivity contribution is 5.96. The Kier molecular flexibility index (Phi) is 3.20. The van der Waals surface area contributed by atoms with E-state index in [4.69, 9.17) is 4.74 Å². The first-order valence-electron chi connectivity index (χ1n) is 11.0. The Morgan fingerprint density at radius 2 is 1.77 bits per heavy atom. The molecule has 4 atom stereocenters. The molecule has 2 fully saturated rings. The molecule has 2 heterocycles. The number of para-hydroxylation sites is 1. The molecule has 0 amide bonds. The average Bonchev–Trinajstić information content (AvgIpc) is 3.57. The molecule has 0 radical (unpaired) electrons. The molecule has 148 valence electrons. The molecule has 3 aliphatic rings. The normalized spacial score (nSPS) is 28.3. The van der Waals surface area contributed by atoms with Crippen LogP contribution in [0.2, 0.25) is 0 Å². The molecule has 30 heavy (non-hydrogen) atoms. The Hall–Kier alpha value is -3.07. The highest BCUT2D eigenvalue weighted by Crippen LogP contribution is 2.64. The van der Waals surface area contributed by atoms with Gasteiger partial charge in [0.25, 0.3) is 0 Å². The van der Waals surface area contributed by atoms with Crippen LogP contribution in [0.15, 0.2) is 60.8 Å². The smallest absolute Gasteiger partial charge is 0.337 e. The van der Waals surface area contributed by atoms with Gasteiger partial charge in [-0.25, -0.2) is 4.79 Å². The van der Waals surface area contributed by atoms with Crippen LogP contribution >= 0.6 is 0 Å². The second kappa shape index (κ2) is 5.75. The second-order valence-electron chi connectivity index (χ2n) is 9.25. The number of esters is 1. The number of hydrogen-bond donors (Lipinski definition) is 0. The van der Waals surface area contributed by atoms with Crippen molar-refractivity contribution in [2.24, 2.45) is 17.8 Å². The van der Waals surface area contributed by atoms with Gasteiger partial charge in [-0.05, 0) is 90.0 Å². The Morgan fingerprint density at radius 3 is 2.63 bits per heavy atom. The number of carbonyl (C=O) groups is 1. The Labute approximate surface area is 174 Å². The van der Waals surface area contributed by atoms with Crippen molar-refractivity contribution in [3.05, 3.63) is 82.7 Å². The number of hydrogen-bond acceptors (Lipinski definition) is 2. The van der Waals surface area contributed by atoms with Gasteiger partial charge in [0.2, 0.25) is 0 Å². The lowest BCUT2D eigenvalue weighted by Gasteiger charge is -2.26. The summed E-state index contributed by atoms with van der Waals surface area (Å²) in [6.45, 7) is 0. The van der Waals surface area contributed by atoms with Crippen LogP contribution in [0.4, 0.5) is 0 Å². The van der Waals surface area contributed by atoms with Crippen LogP contribution in [-0.4, -0.2) is 17.5 Å². The van der Waals surface area contributed by atoms with Crippen LogP contribution in [0.25, 0.3) is 22.0 Å². The number of methoxy groups -OCH3 is 1. The standard InChI is InChI=1S/C27H23NO2/c1-30-27(29)17-10-11-18-20(14-17)23-15-8-9-16(13-15)24(23)26(18)25-19-5-2-3-6-21(19)28-12-4-7-22(25)28/h2-7,10-12,14-16,23-24H,8-9,13H2,1H3/b26-25-/t15-,16+,23?,24?/m1/s1. The van der Waals surface area contributed by atoms with E-state index < -0.39 is 0 Å². The molecule has 0 N–H and O–H groups in total. The monoisotopic (exact) mass is 393 g/mol. The maximum Gasteiger partial charge on any atom is 0.337 e. The van der Waals surface area contributed by atoms with Gasteiger partial charge in [0.1, 0.15) is 0 Å². The van der Waals surface area contributed by atoms with Crippen LogP contribution < -0.4 is 5.22 Å². The van der Waals surface area contributed by atoms with Gasteiger partial charge in [0.15, 0.2) is 0 Å². The average molecular weight is 393 g/mol. The third kappa shape index (κ3) is 1.93. The van der Waals surface area contributed by atoms with E-state index in [0.29, 0.717) is 17.4 Å². The molecule has 2 bridgehead atoms. The van der Waals surface area contributed by atoms with E-state index in [1.54, 1.807) is 0 Å². The van der Waals surface area contributed by atoms with Crippen LogP contribution in [0.3, 0.4) is 0 Å². The summed E-state index contributed by atoms with van der Waals surface area (Å²) in [6.07, 6.45) is 6.17. The fraction of sp³-hybridized carbons (Fsp3) is 0.296. The van der Waals surface area contributed by atoms with E-state index in [1.807, 2.05) is 6.07 Å². The van der Waals surface area contributed by atoms with Crippen molar-refractivity contribution in [1.82, 2.24) is 4.40 Å². The molecular weight excluding hydrogens is 370 g/mol. The number of aromatic nitrogens is 1. The summed E-state index contributed by atoms with van der Waals surface area (Å²) in [7, 11) is 1.47. The largest absolute Gasteiger partial charge is 0.465 e. The first kappa shape index (κ1) is 16.7. The number of carbonyl (C=O) groups excluding carboxylic acids is 1. The van der Waals surface area contributed by atoms with Crippen LogP contribution in [-0.2, 0) is 4.74 Å². The van der Waals surface area contributed by atoms with Crippen molar-refractivity contribution in [3.8, 4) is 0 Å². The Balaban J connectivity index is 1.63. The second-order valence-corrected chi connectivity index (χ2v) is 9.25. The van der Waals surface area contributed by atoms with Crippen LogP contribution in [0, 0.1) is 17.8 Å². The zero-order valence-corrected chi connectivity index (χ0v) is 17.0. The summed E-state index contributed by atoms with van der Waals surface area (Å²) in [5.74, 6) is 2.37. The SMILES string of the molecule is COC(=O)c1ccc2c(c1)C1C(/C2=c2/c3ccccc3n3cccc23)[C@H]2CC[C@@H]1C2. The predicted molar refractivity (Wildman–Crippen MR) is 117 cm³/mol. The Bertz CT molecular complexity index is 1410. The van der Waals surface area contributed by atoms with Crippen molar-refractivity contribution in [1.29, 1.82) is 0 Å². The van der Waals surface area contributed by atoms with Gasteiger partial charge >= 0.3 is 5.97 Å². The molecule has 4 aromatic rings. The lowest BCUT2D eigenvalue weighted by molar-refractivity contribution is 0.0600. The summed E-state index contributed by atoms with van der Waals surface area (Å²) in [5, 5.41) is 2.75. The van der Waals surface area contributed by atoms with E-state index in [1.165, 1.54) is 64.7 Å². The minimum atomic E-state index is -0.237. The first-order valence-corrected chi connectivity index (χ1v) is 11.0. The predicted octanol–water partition coefficient (Wildman–Crippen LogP) is 4.94. The molecule has 2 saturated carbocycles. The minimum absolute atomic E-state index is 0.237. The van der Waals surface area contributed by atoms with Gasteiger partial charge in [-0.3, -0.25) is 0 Å². The molecule has 0 spiro atoms. The van der Waals surface area contributed by atoms with Crippen LogP contribution in [0.1, 0.15) is 46.7 Å². The van der Waals surface area contributed by atoms with E-state index in [9.17, 15) is 4.79 Å². The third-order valence-corrected chi connectivity index (χ3v) is 8.08. The van der Waals surface area contributed by atoms with Gasteiger partial charge < -0.3 is 9.14 Å². The number of fused-ring (bicyclic) bond motifs is 10. The number of rotatable bonds is 1. The summed E-state index contributed by atoms with van der Waals surface area (Å²) < 4.78 is 7.36. The maximum absolute atomic E-state index is 12.3. The molecule has 2 aromatic heterocycles. The van der Waals surface area contributed by atoms with E-state index >= 15 is 0 Å². The van der Waals surface area contributed by atoms with E-state index in [0.717, 1.165) is 11.8 Å². The van der Waals surface area contributed by atoms with Crippen molar-refractivity contribution >= 4 is 28.0 Å². The highest BCUT2D eigenvalue weighted by atomic mass is 16.5. The molecule has 3 heteroatoms. The van der Waals surface area contributed by atoms with Crippen molar-refractivity contribution < 1.29 is 9.53 Å². The van der Waals surface area contributed by atoms with Gasteiger partial charge in [-0.2, -0.15) is 0 Å². The quantitative estimate of drug-likeness (QED) is 0.429. The summed E-state index contributed by atoms with van der Waals surface area (Å²) in [5.41, 5.74) is 7.51. The number of nitrogens with zero attached hydrogens (tertiary/aromatic N) is 1. The summed E-state index contributed by atoms with van der Waals surface area (Å²) in [4.78, 5) is 12.3. The highest BCUT2D eigenvalue weighted by Gasteiger charge is 2.54. The third-order valence-electron chi connectivity index (χ3n) is 8.08. The van der Waals surface area contributed by atoms with Crippen molar-refractivity contribution in [2.45, 2.75) is 25.2 Å². The van der Waals surface area contributed by atoms with Crippen molar-refractivity contribution in [3.63, 3.8) is 0 Å². The lowest BCUT2D eigenvalue weighted by Crippen LogP contribution is -2.20. The van der Waals surface area contributed by atoms with Gasteiger partial charge in [-0.1, -0.05) is 24.3 Å². The molecule has 0 aliphatic heterocycles. The fourth-order valence-electron chi connectivity index (χ4n) is 7.07. The van der Waals surface area contributed by atoms with Crippen LogP contribution in [0.5, 0.6) is 0 Å². The minimum Gasteiger partial charge on any atom is -0.465 e. The van der Waals surface area contributed by atoms with Gasteiger partial charge in [0.05, 0.1) is 23.7 Å². The topological polar surface area (TPSA) is 30.7 Å². The molecule has 2 unspecified atom stereocenters. The van der Waals surface area contributed by atoms with Gasteiger partial charge in [-0.15, -0.1) is 0 Å². The molecule has 3 nitrogen and oxygen atoms in total. The maximum atomic E-state index is 12.3.